The second kappa shape index (κ2) is 9.00. The fourth-order valence-corrected chi connectivity index (χ4v) is 3.85. The molecule has 28 heavy (non-hydrogen) atoms. The Labute approximate surface area is 170 Å². The van der Waals surface area contributed by atoms with Crippen molar-refractivity contribution >= 4 is 33.2 Å². The highest BCUT2D eigenvalue weighted by atomic mass is 35.5. The van der Waals surface area contributed by atoms with E-state index >= 15 is 0 Å². The molecular formula is C19H23ClFN3O3S. The first-order chi connectivity index (χ1) is 13.0. The quantitative estimate of drug-likeness (QED) is 0.736. The van der Waals surface area contributed by atoms with E-state index in [1.807, 2.05) is 0 Å². The molecule has 1 atom stereocenters. The summed E-state index contributed by atoms with van der Waals surface area (Å²) < 4.78 is 39.6. The van der Waals surface area contributed by atoms with Crippen LogP contribution in [0.25, 0.3) is 0 Å². The third-order valence-electron chi connectivity index (χ3n) is 4.38. The van der Waals surface area contributed by atoms with Gasteiger partial charge in [-0.15, -0.1) is 0 Å². The number of hydrogen-bond donors (Lipinski definition) is 1. The predicted molar refractivity (Wildman–Crippen MR) is 108 cm³/mol. The van der Waals surface area contributed by atoms with Gasteiger partial charge in [-0.25, -0.2) is 17.1 Å². The minimum Gasteiger partial charge on any atom is -0.325 e. The van der Waals surface area contributed by atoms with Gasteiger partial charge in [-0.05, 0) is 38.2 Å². The first kappa shape index (κ1) is 22.3. The van der Waals surface area contributed by atoms with Gasteiger partial charge in [-0.2, -0.15) is 0 Å². The van der Waals surface area contributed by atoms with Crippen LogP contribution in [0.2, 0.25) is 5.02 Å². The number of benzene rings is 2. The molecule has 6 nitrogen and oxygen atoms in total. The van der Waals surface area contributed by atoms with Crippen molar-refractivity contribution in [2.75, 3.05) is 26.5 Å². The number of nitrogens with zero attached hydrogens (tertiary/aromatic N) is 2. The fraction of sp³-hybridized carbons (Fsp3) is 0.316. The average Bonchev–Trinajstić information content (AvgIpc) is 2.64. The smallest absolute Gasteiger partial charge is 0.244 e. The first-order valence-electron chi connectivity index (χ1n) is 8.50. The number of carbonyl (C=O) groups is 1. The second-order valence-corrected chi connectivity index (χ2v) is 9.13. The molecule has 0 aliphatic rings. The van der Waals surface area contributed by atoms with E-state index in [1.165, 1.54) is 38.4 Å². The van der Waals surface area contributed by atoms with Crippen molar-refractivity contribution in [2.24, 2.45) is 0 Å². The van der Waals surface area contributed by atoms with Crippen molar-refractivity contribution < 1.29 is 17.6 Å². The van der Waals surface area contributed by atoms with Crippen LogP contribution in [0.4, 0.5) is 10.1 Å². The molecule has 152 valence electrons. The molecule has 0 fully saturated rings. The Morgan fingerprint density at radius 2 is 1.82 bits per heavy atom. The number of carbonyl (C=O) groups excluding carboxylic acids is 1. The van der Waals surface area contributed by atoms with Crippen LogP contribution in [0, 0.1) is 5.82 Å². The summed E-state index contributed by atoms with van der Waals surface area (Å²) in [5.41, 5.74) is 0.788. The van der Waals surface area contributed by atoms with Gasteiger partial charge in [0.2, 0.25) is 15.9 Å². The number of nitrogens with one attached hydrogen (secondary N) is 1. The number of hydrogen-bond acceptors (Lipinski definition) is 4. The van der Waals surface area contributed by atoms with Crippen LogP contribution < -0.4 is 5.32 Å². The van der Waals surface area contributed by atoms with Crippen LogP contribution in [0.15, 0.2) is 47.4 Å². The SMILES string of the molecule is CC(C(=O)Nc1ccc(Cl)c(S(=O)(=O)N(C)C)c1)N(C)Cc1ccccc1F. The van der Waals surface area contributed by atoms with Crippen LogP contribution in [0.1, 0.15) is 12.5 Å². The van der Waals surface area contributed by atoms with Gasteiger partial charge in [-0.3, -0.25) is 9.69 Å². The maximum atomic E-state index is 13.8. The molecule has 0 spiro atoms. The molecule has 2 rings (SSSR count). The van der Waals surface area contributed by atoms with Crippen LogP contribution in [0.3, 0.4) is 0 Å². The molecule has 0 aliphatic heterocycles. The molecule has 0 radical (unpaired) electrons. The monoisotopic (exact) mass is 427 g/mol. The van der Waals surface area contributed by atoms with E-state index in [1.54, 1.807) is 37.1 Å². The molecule has 1 unspecified atom stereocenters. The fourth-order valence-electron chi connectivity index (χ4n) is 2.45. The Morgan fingerprint density at radius 3 is 2.43 bits per heavy atom. The van der Waals surface area contributed by atoms with E-state index in [2.05, 4.69) is 5.32 Å². The number of amides is 1. The number of rotatable bonds is 7. The lowest BCUT2D eigenvalue weighted by Crippen LogP contribution is -2.39. The Balaban J connectivity index is 2.15. The summed E-state index contributed by atoms with van der Waals surface area (Å²) in [7, 11) is 0.758. The van der Waals surface area contributed by atoms with Gasteiger partial charge in [-0.1, -0.05) is 29.8 Å². The molecule has 1 N–H and O–H groups in total. The van der Waals surface area contributed by atoms with Crippen molar-refractivity contribution in [3.8, 4) is 0 Å². The molecular weight excluding hydrogens is 405 g/mol. The summed E-state index contributed by atoms with van der Waals surface area (Å²) in [5, 5.41) is 2.75. The highest BCUT2D eigenvalue weighted by Gasteiger charge is 2.23. The molecule has 0 aromatic heterocycles. The summed E-state index contributed by atoms with van der Waals surface area (Å²) in [6.07, 6.45) is 0. The van der Waals surface area contributed by atoms with Gasteiger partial charge < -0.3 is 5.32 Å². The first-order valence-corrected chi connectivity index (χ1v) is 10.3. The molecule has 9 heteroatoms. The van der Waals surface area contributed by atoms with Crippen molar-refractivity contribution in [3.63, 3.8) is 0 Å². The lowest BCUT2D eigenvalue weighted by molar-refractivity contribution is -0.120. The Morgan fingerprint density at radius 1 is 1.18 bits per heavy atom. The largest absolute Gasteiger partial charge is 0.325 e. The van der Waals surface area contributed by atoms with Crippen LogP contribution in [0.5, 0.6) is 0 Å². The second-order valence-electron chi connectivity index (χ2n) is 6.60. The molecule has 0 heterocycles. The molecule has 0 saturated heterocycles. The predicted octanol–water partition coefficient (Wildman–Crippen LogP) is 3.19. The molecule has 2 aromatic rings. The van der Waals surface area contributed by atoms with E-state index < -0.39 is 16.1 Å². The van der Waals surface area contributed by atoms with Gasteiger partial charge in [0.15, 0.2) is 0 Å². The van der Waals surface area contributed by atoms with E-state index in [-0.39, 0.29) is 28.2 Å². The number of anilines is 1. The summed E-state index contributed by atoms with van der Waals surface area (Å²) >= 11 is 6.02. The van der Waals surface area contributed by atoms with Gasteiger partial charge >= 0.3 is 0 Å². The average molecular weight is 428 g/mol. The van der Waals surface area contributed by atoms with Gasteiger partial charge in [0.05, 0.1) is 11.1 Å². The van der Waals surface area contributed by atoms with Gasteiger partial charge in [0, 0.05) is 31.9 Å². The minimum atomic E-state index is -3.75. The molecule has 2 aromatic carbocycles. The Hall–Kier alpha value is -2.00. The van der Waals surface area contributed by atoms with E-state index in [4.69, 9.17) is 11.6 Å². The summed E-state index contributed by atoms with van der Waals surface area (Å²) in [6.45, 7) is 1.94. The minimum absolute atomic E-state index is 0.0661. The van der Waals surface area contributed by atoms with E-state index in [0.29, 0.717) is 11.3 Å². The van der Waals surface area contributed by atoms with Gasteiger partial charge in [0.1, 0.15) is 10.7 Å². The third-order valence-corrected chi connectivity index (χ3v) is 6.67. The van der Waals surface area contributed by atoms with Crippen LogP contribution in [-0.4, -0.2) is 50.7 Å². The standard InChI is InChI=1S/C19H23ClFN3O3S/c1-13(24(4)12-14-7-5-6-8-17(14)21)19(25)22-15-9-10-16(20)18(11-15)28(26,27)23(2)3/h5-11,13H,12H2,1-4H3,(H,22,25). The molecule has 0 saturated carbocycles. The summed E-state index contributed by atoms with van der Waals surface area (Å²) in [5.74, 6) is -0.687. The Kier molecular flexibility index (Phi) is 7.16. The van der Waals surface area contributed by atoms with Crippen molar-refractivity contribution in [2.45, 2.75) is 24.4 Å². The van der Waals surface area contributed by atoms with Crippen LogP contribution >= 0.6 is 11.6 Å². The van der Waals surface area contributed by atoms with Crippen molar-refractivity contribution in [1.29, 1.82) is 0 Å². The summed E-state index contributed by atoms with van der Waals surface area (Å²) in [4.78, 5) is 14.2. The van der Waals surface area contributed by atoms with E-state index in [9.17, 15) is 17.6 Å². The molecule has 0 bridgehead atoms. The van der Waals surface area contributed by atoms with Crippen molar-refractivity contribution in [1.82, 2.24) is 9.21 Å². The number of sulfonamides is 1. The van der Waals surface area contributed by atoms with Crippen LogP contribution in [-0.2, 0) is 21.4 Å². The lowest BCUT2D eigenvalue weighted by Gasteiger charge is -2.24. The number of halogens is 2. The maximum absolute atomic E-state index is 13.8. The van der Waals surface area contributed by atoms with E-state index in [0.717, 1.165) is 4.31 Å². The van der Waals surface area contributed by atoms with Gasteiger partial charge in [0.25, 0.3) is 0 Å². The normalized spacial score (nSPS) is 13.0. The third kappa shape index (κ3) is 5.08. The Bertz CT molecular complexity index is 967. The highest BCUT2D eigenvalue weighted by Crippen LogP contribution is 2.27. The maximum Gasteiger partial charge on any atom is 0.244 e. The highest BCUT2D eigenvalue weighted by molar-refractivity contribution is 7.89. The molecule has 1 amide bonds. The topological polar surface area (TPSA) is 69.7 Å². The molecule has 0 aliphatic carbocycles. The zero-order valence-electron chi connectivity index (χ0n) is 16.1. The zero-order valence-corrected chi connectivity index (χ0v) is 17.7. The zero-order chi connectivity index (χ0) is 21.1. The lowest BCUT2D eigenvalue weighted by atomic mass is 10.1. The van der Waals surface area contributed by atoms with Crippen molar-refractivity contribution in [3.05, 3.63) is 58.9 Å². The number of likely N-dealkylation sites (N-methyl/N-ethyl adjacent to an activating group) is 1. The summed E-state index contributed by atoms with van der Waals surface area (Å²) in [6, 6.07) is 10.1.